The van der Waals surface area contributed by atoms with Crippen LogP contribution in [0.3, 0.4) is 0 Å². The van der Waals surface area contributed by atoms with Gasteiger partial charge >= 0.3 is 12.0 Å². The number of aliphatic carboxylic acids is 1. The molecule has 5 nitrogen and oxygen atoms in total. The summed E-state index contributed by atoms with van der Waals surface area (Å²) in [6.07, 6.45) is 0. The number of carboxylic acids is 1. The zero-order chi connectivity index (χ0) is 15.4. The van der Waals surface area contributed by atoms with Gasteiger partial charge in [-0.1, -0.05) is 28.1 Å². The second-order valence-corrected chi connectivity index (χ2v) is 6.91. The minimum atomic E-state index is -0.950. The van der Waals surface area contributed by atoms with E-state index in [4.69, 9.17) is 0 Å². The molecule has 21 heavy (non-hydrogen) atoms. The van der Waals surface area contributed by atoms with Gasteiger partial charge in [0.1, 0.15) is 6.04 Å². The summed E-state index contributed by atoms with van der Waals surface area (Å²) in [5, 5.41) is 12.1. The predicted molar refractivity (Wildman–Crippen MR) is 86.5 cm³/mol. The van der Waals surface area contributed by atoms with Crippen molar-refractivity contribution in [1.82, 2.24) is 10.2 Å². The smallest absolute Gasteiger partial charge is 0.327 e. The Hall–Kier alpha value is -1.21. The lowest BCUT2D eigenvalue weighted by molar-refractivity contribution is -0.141. The summed E-state index contributed by atoms with van der Waals surface area (Å²) in [4.78, 5) is 24.9. The lowest BCUT2D eigenvalue weighted by Crippen LogP contribution is -2.54. The maximum absolute atomic E-state index is 12.3. The molecule has 1 heterocycles. The van der Waals surface area contributed by atoms with Crippen molar-refractivity contribution in [2.24, 2.45) is 0 Å². The van der Waals surface area contributed by atoms with E-state index in [-0.39, 0.29) is 12.1 Å². The van der Waals surface area contributed by atoms with Crippen LogP contribution in [0.2, 0.25) is 0 Å². The third-order valence-electron chi connectivity index (χ3n) is 3.38. The molecule has 1 aromatic carbocycles. The van der Waals surface area contributed by atoms with Crippen molar-refractivity contribution in [2.45, 2.75) is 19.0 Å². The highest BCUT2D eigenvalue weighted by Crippen LogP contribution is 2.20. The van der Waals surface area contributed by atoms with Gasteiger partial charge in [0.25, 0.3) is 0 Å². The van der Waals surface area contributed by atoms with Crippen molar-refractivity contribution < 1.29 is 14.7 Å². The maximum Gasteiger partial charge on any atom is 0.327 e. The Labute approximate surface area is 136 Å². The molecule has 2 atom stereocenters. The SMILES string of the molecule is CC(NC(=O)N1CCSCC1C(=O)O)c1ccc(Br)cc1. The van der Waals surface area contributed by atoms with Gasteiger partial charge < -0.3 is 15.3 Å². The van der Waals surface area contributed by atoms with E-state index in [1.54, 1.807) is 11.8 Å². The number of carboxylic acid groups (broad SMARTS) is 1. The highest BCUT2D eigenvalue weighted by atomic mass is 79.9. The summed E-state index contributed by atoms with van der Waals surface area (Å²) in [7, 11) is 0. The number of rotatable bonds is 3. The number of benzene rings is 1. The molecule has 2 unspecified atom stereocenters. The van der Waals surface area contributed by atoms with Gasteiger partial charge in [0, 0.05) is 22.5 Å². The molecule has 1 aliphatic heterocycles. The summed E-state index contributed by atoms with van der Waals surface area (Å²) in [5.41, 5.74) is 0.977. The van der Waals surface area contributed by atoms with Crippen LogP contribution in [-0.2, 0) is 4.79 Å². The van der Waals surface area contributed by atoms with Gasteiger partial charge in [-0.25, -0.2) is 9.59 Å². The van der Waals surface area contributed by atoms with Crippen LogP contribution in [0, 0.1) is 0 Å². The number of nitrogens with one attached hydrogen (secondary N) is 1. The van der Waals surface area contributed by atoms with Crippen molar-refractivity contribution in [3.05, 3.63) is 34.3 Å². The van der Waals surface area contributed by atoms with Gasteiger partial charge in [-0.2, -0.15) is 11.8 Å². The first kappa shape index (κ1) is 16.2. The summed E-state index contributed by atoms with van der Waals surface area (Å²) >= 11 is 4.93. The number of carbonyl (C=O) groups is 2. The van der Waals surface area contributed by atoms with Gasteiger partial charge in [-0.3, -0.25) is 0 Å². The highest BCUT2D eigenvalue weighted by Gasteiger charge is 2.32. The minimum Gasteiger partial charge on any atom is -0.480 e. The molecule has 0 bridgehead atoms. The third kappa shape index (κ3) is 4.14. The number of amides is 2. The number of hydrogen-bond donors (Lipinski definition) is 2. The van der Waals surface area contributed by atoms with Crippen molar-refractivity contribution >= 4 is 39.7 Å². The summed E-state index contributed by atoms with van der Waals surface area (Å²) in [5.74, 6) is 0.257. The van der Waals surface area contributed by atoms with Crippen molar-refractivity contribution in [3.8, 4) is 0 Å². The molecule has 1 aromatic rings. The maximum atomic E-state index is 12.3. The van der Waals surface area contributed by atoms with E-state index in [0.29, 0.717) is 12.3 Å². The Morgan fingerprint density at radius 1 is 1.43 bits per heavy atom. The molecular weight excluding hydrogens is 356 g/mol. The van der Waals surface area contributed by atoms with E-state index in [1.165, 1.54) is 4.90 Å². The molecule has 2 rings (SSSR count). The first-order valence-corrected chi connectivity index (χ1v) is 8.57. The van der Waals surface area contributed by atoms with Crippen LogP contribution in [0.1, 0.15) is 18.5 Å². The molecule has 0 spiro atoms. The second-order valence-electron chi connectivity index (χ2n) is 4.85. The van der Waals surface area contributed by atoms with Crippen molar-refractivity contribution in [2.75, 3.05) is 18.1 Å². The summed E-state index contributed by atoms with van der Waals surface area (Å²) < 4.78 is 0.976. The number of nitrogens with zero attached hydrogens (tertiary/aromatic N) is 1. The number of carbonyl (C=O) groups excluding carboxylic acids is 1. The van der Waals surface area contributed by atoms with E-state index >= 15 is 0 Å². The van der Waals surface area contributed by atoms with Crippen LogP contribution < -0.4 is 5.32 Å². The first-order chi connectivity index (χ1) is 9.99. The van der Waals surface area contributed by atoms with Crippen LogP contribution >= 0.6 is 27.7 Å². The number of halogens is 1. The molecule has 1 fully saturated rings. The normalized spacial score (nSPS) is 19.9. The predicted octanol–water partition coefficient (Wildman–Crippen LogP) is 2.72. The van der Waals surface area contributed by atoms with Gasteiger partial charge in [-0.05, 0) is 24.6 Å². The fourth-order valence-electron chi connectivity index (χ4n) is 2.15. The fourth-order valence-corrected chi connectivity index (χ4v) is 3.46. The Balaban J connectivity index is 2.02. The molecule has 1 saturated heterocycles. The summed E-state index contributed by atoms with van der Waals surface area (Å²) in [6.45, 7) is 2.34. The van der Waals surface area contributed by atoms with Crippen molar-refractivity contribution in [3.63, 3.8) is 0 Å². The molecule has 1 aliphatic rings. The van der Waals surface area contributed by atoms with Gasteiger partial charge in [0.2, 0.25) is 0 Å². The standard InChI is InChI=1S/C14H17BrN2O3S/c1-9(10-2-4-11(15)5-3-10)16-14(20)17-6-7-21-8-12(17)13(18)19/h2-5,9,12H,6-8H2,1H3,(H,16,20)(H,18,19). The highest BCUT2D eigenvalue weighted by molar-refractivity contribution is 9.10. The van der Waals surface area contributed by atoms with E-state index < -0.39 is 12.0 Å². The average molecular weight is 373 g/mol. The Morgan fingerprint density at radius 3 is 2.71 bits per heavy atom. The van der Waals surface area contributed by atoms with E-state index in [0.717, 1.165) is 15.8 Å². The molecule has 0 aromatic heterocycles. The lowest BCUT2D eigenvalue weighted by atomic mass is 10.1. The molecular formula is C14H17BrN2O3S. The Morgan fingerprint density at radius 2 is 2.10 bits per heavy atom. The lowest BCUT2D eigenvalue weighted by Gasteiger charge is -2.33. The van der Waals surface area contributed by atoms with Crippen LogP contribution in [0.5, 0.6) is 0 Å². The molecule has 114 valence electrons. The van der Waals surface area contributed by atoms with Gasteiger partial charge in [0.15, 0.2) is 0 Å². The minimum absolute atomic E-state index is 0.172. The Kier molecular flexibility index (Phi) is 5.52. The zero-order valence-electron chi connectivity index (χ0n) is 11.6. The summed E-state index contributed by atoms with van der Waals surface area (Å²) in [6, 6.07) is 6.44. The second kappa shape index (κ2) is 7.17. The molecule has 0 aliphatic carbocycles. The Bertz CT molecular complexity index is 523. The fraction of sp³-hybridized carbons (Fsp3) is 0.429. The van der Waals surface area contributed by atoms with Crippen LogP contribution in [0.4, 0.5) is 4.79 Å². The zero-order valence-corrected chi connectivity index (χ0v) is 14.0. The molecule has 0 radical (unpaired) electrons. The quantitative estimate of drug-likeness (QED) is 0.855. The van der Waals surface area contributed by atoms with E-state index in [2.05, 4.69) is 21.2 Å². The van der Waals surface area contributed by atoms with Crippen molar-refractivity contribution in [1.29, 1.82) is 0 Å². The largest absolute Gasteiger partial charge is 0.480 e. The van der Waals surface area contributed by atoms with Crippen LogP contribution in [0.15, 0.2) is 28.7 Å². The first-order valence-electron chi connectivity index (χ1n) is 6.62. The molecule has 7 heteroatoms. The van der Waals surface area contributed by atoms with Gasteiger partial charge in [-0.15, -0.1) is 0 Å². The van der Waals surface area contributed by atoms with Gasteiger partial charge in [0.05, 0.1) is 6.04 Å². The average Bonchev–Trinajstić information content (AvgIpc) is 2.47. The number of hydrogen-bond acceptors (Lipinski definition) is 3. The number of urea groups is 1. The van der Waals surface area contributed by atoms with Crippen LogP contribution in [0.25, 0.3) is 0 Å². The van der Waals surface area contributed by atoms with Crippen LogP contribution in [-0.4, -0.2) is 46.1 Å². The molecule has 2 N–H and O–H groups in total. The third-order valence-corrected chi connectivity index (χ3v) is 4.94. The number of thioether (sulfide) groups is 1. The monoisotopic (exact) mass is 372 g/mol. The molecule has 2 amide bonds. The topological polar surface area (TPSA) is 69.6 Å². The van der Waals surface area contributed by atoms with E-state index in [9.17, 15) is 14.7 Å². The van der Waals surface area contributed by atoms with E-state index in [1.807, 2.05) is 31.2 Å². The molecule has 0 saturated carbocycles.